The highest BCUT2D eigenvalue weighted by atomic mass is 15.0. The van der Waals surface area contributed by atoms with Crippen LogP contribution in [0, 0.1) is 0 Å². The first kappa shape index (κ1) is 36.6. The Morgan fingerprint density at radius 2 is 0.695 bits per heavy atom. The van der Waals surface area contributed by atoms with Crippen LogP contribution in [0.5, 0.6) is 0 Å². The molecule has 0 aliphatic heterocycles. The second-order valence-electron chi connectivity index (χ2n) is 18.2. The molecule has 0 N–H and O–H groups in total. The number of benzene rings is 9. The van der Waals surface area contributed by atoms with Crippen LogP contribution in [0.4, 0.5) is 0 Å². The Kier molecular flexibility index (Phi) is 8.69. The molecule has 59 heavy (non-hydrogen) atoms. The van der Waals surface area contributed by atoms with Gasteiger partial charge in [-0.1, -0.05) is 187 Å². The second-order valence-corrected chi connectivity index (χ2v) is 18.2. The van der Waals surface area contributed by atoms with Gasteiger partial charge in [-0.3, -0.25) is 0 Å². The first-order chi connectivity index (χ1) is 28.5. The fourth-order valence-electron chi connectivity index (χ4n) is 9.10. The van der Waals surface area contributed by atoms with Crippen LogP contribution in [0.1, 0.15) is 52.7 Å². The molecule has 0 amide bonds. The minimum absolute atomic E-state index is 0.0407. The van der Waals surface area contributed by atoms with Gasteiger partial charge in [0.15, 0.2) is 0 Å². The fourth-order valence-corrected chi connectivity index (χ4v) is 9.10. The van der Waals surface area contributed by atoms with Crippen molar-refractivity contribution in [2.45, 2.75) is 52.4 Å². The van der Waals surface area contributed by atoms with E-state index in [0.717, 1.165) is 5.69 Å². The highest BCUT2D eigenvalue weighted by molar-refractivity contribution is 6.22. The molecule has 1 nitrogen and oxygen atoms in total. The molecule has 1 heterocycles. The van der Waals surface area contributed by atoms with Crippen LogP contribution < -0.4 is 0 Å². The van der Waals surface area contributed by atoms with Gasteiger partial charge in [0.05, 0.1) is 11.0 Å². The molecular weight excluding hydrogens is 711 g/mol. The highest BCUT2D eigenvalue weighted by Gasteiger charge is 2.21. The topological polar surface area (TPSA) is 4.93 Å². The summed E-state index contributed by atoms with van der Waals surface area (Å²) in [6.07, 6.45) is 0. The molecule has 1 heteroatoms. The highest BCUT2D eigenvalue weighted by Crippen LogP contribution is 2.45. The van der Waals surface area contributed by atoms with Gasteiger partial charge < -0.3 is 4.57 Å². The summed E-state index contributed by atoms with van der Waals surface area (Å²) in [6, 6.07) is 70.0. The van der Waals surface area contributed by atoms with Crippen molar-refractivity contribution in [3.05, 3.63) is 199 Å². The Hall–Kier alpha value is -6.70. The Morgan fingerprint density at radius 3 is 1.25 bits per heavy atom. The van der Waals surface area contributed by atoms with Crippen molar-refractivity contribution >= 4 is 43.4 Å². The van der Waals surface area contributed by atoms with Crippen LogP contribution >= 0.6 is 0 Å². The summed E-state index contributed by atoms with van der Waals surface area (Å²) in [7, 11) is 0. The van der Waals surface area contributed by atoms with Gasteiger partial charge in [0.25, 0.3) is 0 Å². The van der Waals surface area contributed by atoms with E-state index in [1.807, 2.05) is 0 Å². The molecule has 0 fully saturated rings. The van der Waals surface area contributed by atoms with Crippen molar-refractivity contribution in [2.24, 2.45) is 0 Å². The van der Waals surface area contributed by atoms with Crippen molar-refractivity contribution in [2.75, 3.05) is 0 Å². The smallest absolute Gasteiger partial charge is 0.0541 e. The lowest BCUT2D eigenvalue weighted by Gasteiger charge is -2.19. The van der Waals surface area contributed by atoms with Crippen molar-refractivity contribution in [1.82, 2.24) is 4.57 Å². The summed E-state index contributed by atoms with van der Waals surface area (Å²) in [5.41, 5.74) is 16.3. The molecular formula is C58H49N. The summed E-state index contributed by atoms with van der Waals surface area (Å²) >= 11 is 0. The lowest BCUT2D eigenvalue weighted by molar-refractivity contribution is 0.590. The maximum atomic E-state index is 2.44. The van der Waals surface area contributed by atoms with Gasteiger partial charge in [-0.25, -0.2) is 0 Å². The van der Waals surface area contributed by atoms with Crippen molar-refractivity contribution < 1.29 is 0 Å². The Balaban J connectivity index is 1.12. The van der Waals surface area contributed by atoms with Crippen LogP contribution in [0.25, 0.3) is 93.5 Å². The number of hydrogen-bond acceptors (Lipinski definition) is 0. The zero-order valence-electron chi connectivity index (χ0n) is 34.8. The third kappa shape index (κ3) is 6.43. The molecule has 10 aromatic rings. The zero-order chi connectivity index (χ0) is 40.5. The van der Waals surface area contributed by atoms with Gasteiger partial charge >= 0.3 is 0 Å². The lowest BCUT2D eigenvalue weighted by Crippen LogP contribution is -2.10. The fraction of sp³-hybridized carbons (Fsp3) is 0.138. The van der Waals surface area contributed by atoms with Gasteiger partial charge in [-0.2, -0.15) is 0 Å². The van der Waals surface area contributed by atoms with Gasteiger partial charge in [-0.05, 0) is 130 Å². The molecule has 1 aromatic heterocycles. The molecule has 0 atom stereocenters. The summed E-state index contributed by atoms with van der Waals surface area (Å²) < 4.78 is 2.44. The van der Waals surface area contributed by atoms with E-state index < -0.39 is 0 Å². The zero-order valence-corrected chi connectivity index (χ0v) is 34.8. The average molecular weight is 760 g/mol. The summed E-state index contributed by atoms with van der Waals surface area (Å²) in [5.74, 6) is 0. The predicted octanol–water partition coefficient (Wildman–Crippen LogP) is 16.4. The quantitative estimate of drug-likeness (QED) is 0.154. The first-order valence-corrected chi connectivity index (χ1v) is 20.9. The van der Waals surface area contributed by atoms with Gasteiger partial charge in [0.1, 0.15) is 0 Å². The second kappa shape index (κ2) is 14.0. The van der Waals surface area contributed by atoms with E-state index in [1.165, 1.54) is 99.0 Å². The predicted molar refractivity (Wildman–Crippen MR) is 255 cm³/mol. The number of hydrogen-bond donors (Lipinski definition) is 0. The van der Waals surface area contributed by atoms with Crippen LogP contribution in [0.15, 0.2) is 188 Å². The number of aromatic nitrogens is 1. The van der Waals surface area contributed by atoms with Crippen LogP contribution in [-0.2, 0) is 10.8 Å². The molecule has 0 saturated carbocycles. The van der Waals surface area contributed by atoms with E-state index in [1.54, 1.807) is 0 Å². The number of fused-ring (bicyclic) bond motifs is 5. The van der Waals surface area contributed by atoms with E-state index >= 15 is 0 Å². The largest absolute Gasteiger partial charge is 0.309 e. The number of rotatable bonds is 5. The minimum Gasteiger partial charge on any atom is -0.309 e. The maximum Gasteiger partial charge on any atom is 0.0541 e. The molecule has 0 bridgehead atoms. The molecule has 0 saturated heterocycles. The lowest BCUT2D eigenvalue weighted by atomic mass is 9.85. The van der Waals surface area contributed by atoms with E-state index in [9.17, 15) is 0 Å². The Bertz CT molecular complexity index is 3170. The summed E-state index contributed by atoms with van der Waals surface area (Å²) in [5, 5.41) is 7.62. The first-order valence-electron chi connectivity index (χ1n) is 20.9. The molecule has 10 rings (SSSR count). The van der Waals surface area contributed by atoms with Crippen molar-refractivity contribution in [1.29, 1.82) is 0 Å². The normalized spacial score (nSPS) is 12.2. The van der Waals surface area contributed by atoms with E-state index in [2.05, 4.69) is 234 Å². The van der Waals surface area contributed by atoms with Crippen LogP contribution in [0.2, 0.25) is 0 Å². The van der Waals surface area contributed by atoms with Crippen molar-refractivity contribution in [3.63, 3.8) is 0 Å². The van der Waals surface area contributed by atoms with Crippen molar-refractivity contribution in [3.8, 4) is 50.2 Å². The van der Waals surface area contributed by atoms with Gasteiger partial charge in [0, 0.05) is 16.5 Å². The third-order valence-electron chi connectivity index (χ3n) is 12.3. The third-order valence-corrected chi connectivity index (χ3v) is 12.3. The Morgan fingerprint density at radius 1 is 0.288 bits per heavy atom. The molecule has 0 spiro atoms. The Labute approximate surface area is 348 Å². The molecule has 0 aliphatic carbocycles. The summed E-state index contributed by atoms with van der Waals surface area (Å²) in [4.78, 5) is 0. The number of nitrogens with zero attached hydrogens (tertiary/aromatic N) is 1. The SMILES string of the molecule is CC(C)(C)c1ccc(-c2ccc3c(c2)c2cc(C(C)(C)C)ccc2n3-c2ccc(-c3ccc4c(-c5ccccc5)c5ccccc5c(-c5ccccc5)c4c3)cc2)cc1. The van der Waals surface area contributed by atoms with E-state index in [-0.39, 0.29) is 10.8 Å². The molecule has 9 aromatic carbocycles. The molecule has 0 radical (unpaired) electrons. The van der Waals surface area contributed by atoms with E-state index in [4.69, 9.17) is 0 Å². The monoisotopic (exact) mass is 759 g/mol. The minimum atomic E-state index is 0.0407. The molecule has 286 valence electrons. The van der Waals surface area contributed by atoms with Crippen LogP contribution in [0.3, 0.4) is 0 Å². The van der Waals surface area contributed by atoms with Gasteiger partial charge in [0.2, 0.25) is 0 Å². The average Bonchev–Trinajstić information content (AvgIpc) is 3.58. The van der Waals surface area contributed by atoms with E-state index in [0.29, 0.717) is 0 Å². The van der Waals surface area contributed by atoms with Crippen LogP contribution in [-0.4, -0.2) is 4.57 Å². The van der Waals surface area contributed by atoms with Gasteiger partial charge in [-0.15, -0.1) is 0 Å². The standard InChI is InChI=1S/C58H49N/c1-57(2,3)44-27-21-38(22-28-44)43-26-33-53-50(35-43)51-37-45(58(4,5)6)29-34-54(51)59(53)46-30-23-39(24-31-46)42-25-32-49-52(36-42)56(41-17-11-8-12-18-41)48-20-14-13-19-47(48)55(49)40-15-9-7-10-16-40/h7-37H,1-6H3. The molecule has 0 unspecified atom stereocenters. The molecule has 0 aliphatic rings. The summed E-state index contributed by atoms with van der Waals surface area (Å²) in [6.45, 7) is 13.7. The maximum absolute atomic E-state index is 2.44.